The number of carbonyl (C=O) groups excluding carboxylic acids is 1. The van der Waals surface area contributed by atoms with Crippen molar-refractivity contribution in [3.05, 3.63) is 99.5 Å². The molecule has 0 radical (unpaired) electrons. The molecule has 3 aromatic rings. The van der Waals surface area contributed by atoms with Crippen LogP contribution in [0, 0.1) is 0 Å². The van der Waals surface area contributed by atoms with Gasteiger partial charge in [0.05, 0.1) is 16.1 Å². The van der Waals surface area contributed by atoms with Crippen LogP contribution in [-0.2, 0) is 10.5 Å². The fraction of sp³-hybridized carbons (Fsp3) is 0.0500. The molecular weight excluding hydrogens is 359 g/mol. The summed E-state index contributed by atoms with van der Waals surface area (Å²) in [6.07, 6.45) is 0. The molecule has 3 nitrogen and oxygen atoms in total. The van der Waals surface area contributed by atoms with Crippen LogP contribution in [0.1, 0.15) is 21.5 Å². The van der Waals surface area contributed by atoms with E-state index in [9.17, 15) is 4.79 Å². The molecule has 1 heterocycles. The maximum absolute atomic E-state index is 12.4. The summed E-state index contributed by atoms with van der Waals surface area (Å²) < 4.78 is 11.9. The number of halogens is 2. The number of fused-ring (bicyclic) bond motifs is 1. The van der Waals surface area contributed by atoms with Crippen LogP contribution < -0.4 is 4.74 Å². The van der Waals surface area contributed by atoms with Gasteiger partial charge in [-0.1, -0.05) is 65.7 Å². The molecule has 5 heteroatoms. The first-order chi connectivity index (χ1) is 12.1. The summed E-state index contributed by atoms with van der Waals surface area (Å²) in [5.41, 5.74) is 1.80. The summed E-state index contributed by atoms with van der Waals surface area (Å²) in [4.78, 5) is 12.4. The molecule has 0 fully saturated rings. The normalized spacial score (nSPS) is 18.6. The molecular formula is C20H12Cl2O3. The average Bonchev–Trinajstić information content (AvgIpc) is 2.92. The molecule has 25 heavy (non-hydrogen) atoms. The van der Waals surface area contributed by atoms with Crippen LogP contribution in [0.5, 0.6) is 5.75 Å². The molecule has 0 saturated carbocycles. The largest absolute Gasteiger partial charge is 0.443 e. The summed E-state index contributed by atoms with van der Waals surface area (Å²) >= 11 is 12.2. The van der Waals surface area contributed by atoms with Crippen LogP contribution in [0.15, 0.2) is 72.8 Å². The second-order valence-corrected chi connectivity index (χ2v) is 6.44. The fourth-order valence-electron chi connectivity index (χ4n) is 2.91. The number of cyclic esters (lactones) is 1. The van der Waals surface area contributed by atoms with Crippen LogP contribution in [0.2, 0.25) is 10.0 Å². The third-order valence-electron chi connectivity index (χ3n) is 4.04. The highest BCUT2D eigenvalue weighted by molar-refractivity contribution is 6.35. The van der Waals surface area contributed by atoms with Gasteiger partial charge in [0.1, 0.15) is 5.75 Å². The van der Waals surface area contributed by atoms with Gasteiger partial charge in [-0.25, -0.2) is 4.79 Å². The molecule has 0 amide bonds. The molecule has 0 N–H and O–H groups in total. The molecule has 3 aromatic carbocycles. The molecule has 4 rings (SSSR count). The van der Waals surface area contributed by atoms with E-state index in [0.717, 1.165) is 0 Å². The highest BCUT2D eigenvalue weighted by Gasteiger charge is 2.49. The van der Waals surface area contributed by atoms with Gasteiger partial charge in [-0.3, -0.25) is 0 Å². The van der Waals surface area contributed by atoms with Gasteiger partial charge in [0, 0.05) is 10.6 Å². The predicted octanol–water partition coefficient (Wildman–Crippen LogP) is 5.44. The average molecular weight is 371 g/mol. The lowest BCUT2D eigenvalue weighted by Crippen LogP contribution is -2.34. The zero-order chi connectivity index (χ0) is 17.4. The number of rotatable bonds is 3. The Hall–Kier alpha value is -2.49. The number of hydrogen-bond donors (Lipinski definition) is 0. The number of hydrogen-bond acceptors (Lipinski definition) is 3. The number of esters is 1. The highest BCUT2D eigenvalue weighted by atomic mass is 35.5. The first-order valence-electron chi connectivity index (χ1n) is 7.62. The number of carbonyl (C=O) groups is 1. The smallest absolute Gasteiger partial charge is 0.342 e. The zero-order valence-corrected chi connectivity index (χ0v) is 14.4. The molecule has 0 aromatic heterocycles. The van der Waals surface area contributed by atoms with Crippen molar-refractivity contribution < 1.29 is 14.3 Å². The van der Waals surface area contributed by atoms with E-state index >= 15 is 0 Å². The molecule has 1 aliphatic heterocycles. The maximum atomic E-state index is 12.4. The van der Waals surface area contributed by atoms with E-state index in [1.165, 1.54) is 0 Å². The van der Waals surface area contributed by atoms with E-state index in [0.29, 0.717) is 32.5 Å². The lowest BCUT2D eigenvalue weighted by Gasteiger charge is -2.30. The van der Waals surface area contributed by atoms with Gasteiger partial charge in [0.15, 0.2) is 0 Å². The SMILES string of the molecule is O=C1O[C@@](Oc2ccc(Cl)cc2Cl)(c2ccccc2)c2ccccc21. The quantitative estimate of drug-likeness (QED) is 0.575. The van der Waals surface area contributed by atoms with E-state index < -0.39 is 11.8 Å². The van der Waals surface area contributed by atoms with Crippen molar-refractivity contribution in [1.29, 1.82) is 0 Å². The van der Waals surface area contributed by atoms with Crippen LogP contribution in [-0.4, -0.2) is 5.97 Å². The summed E-state index contributed by atoms with van der Waals surface area (Å²) in [6.45, 7) is 0. The van der Waals surface area contributed by atoms with Crippen LogP contribution >= 0.6 is 23.2 Å². The first-order valence-corrected chi connectivity index (χ1v) is 8.38. The van der Waals surface area contributed by atoms with E-state index in [4.69, 9.17) is 32.7 Å². The van der Waals surface area contributed by atoms with Gasteiger partial charge >= 0.3 is 11.8 Å². The molecule has 1 atom stereocenters. The summed E-state index contributed by atoms with van der Waals surface area (Å²) in [6, 6.07) is 21.4. The Kier molecular flexibility index (Phi) is 3.91. The second kappa shape index (κ2) is 6.10. The zero-order valence-electron chi connectivity index (χ0n) is 12.9. The lowest BCUT2D eigenvalue weighted by molar-refractivity contribution is -0.108. The first kappa shape index (κ1) is 16.0. The van der Waals surface area contributed by atoms with Gasteiger partial charge in [0.25, 0.3) is 0 Å². The monoisotopic (exact) mass is 370 g/mol. The molecule has 0 saturated heterocycles. The van der Waals surface area contributed by atoms with E-state index in [2.05, 4.69) is 0 Å². The van der Waals surface area contributed by atoms with Crippen molar-refractivity contribution in [3.63, 3.8) is 0 Å². The molecule has 1 aliphatic rings. The Morgan fingerprint density at radius 3 is 2.36 bits per heavy atom. The van der Waals surface area contributed by atoms with E-state index in [1.54, 1.807) is 30.3 Å². The Labute approximate surface area is 154 Å². The minimum Gasteiger partial charge on any atom is -0.443 e. The van der Waals surface area contributed by atoms with Gasteiger partial charge in [-0.05, 0) is 30.3 Å². The fourth-order valence-corrected chi connectivity index (χ4v) is 3.36. The van der Waals surface area contributed by atoms with Crippen molar-refractivity contribution in [2.45, 2.75) is 5.79 Å². The van der Waals surface area contributed by atoms with E-state index in [1.807, 2.05) is 42.5 Å². The van der Waals surface area contributed by atoms with Gasteiger partial charge in [-0.2, -0.15) is 0 Å². The van der Waals surface area contributed by atoms with Crippen molar-refractivity contribution in [2.24, 2.45) is 0 Å². The third-order valence-corrected chi connectivity index (χ3v) is 4.57. The molecule has 124 valence electrons. The van der Waals surface area contributed by atoms with Crippen molar-refractivity contribution in [3.8, 4) is 5.75 Å². The van der Waals surface area contributed by atoms with E-state index in [-0.39, 0.29) is 0 Å². The van der Waals surface area contributed by atoms with Gasteiger partial charge in [-0.15, -0.1) is 0 Å². The minimum atomic E-state index is -1.40. The molecule has 0 aliphatic carbocycles. The van der Waals surface area contributed by atoms with Crippen molar-refractivity contribution in [2.75, 3.05) is 0 Å². The number of benzene rings is 3. The summed E-state index contributed by atoms with van der Waals surface area (Å²) in [7, 11) is 0. The van der Waals surface area contributed by atoms with Gasteiger partial charge < -0.3 is 9.47 Å². The Balaban J connectivity index is 1.91. The second-order valence-electron chi connectivity index (χ2n) is 5.59. The highest BCUT2D eigenvalue weighted by Crippen LogP contribution is 2.44. The van der Waals surface area contributed by atoms with Crippen LogP contribution in [0.25, 0.3) is 0 Å². The predicted molar refractivity (Wildman–Crippen MR) is 96.2 cm³/mol. The third kappa shape index (κ3) is 2.66. The molecule has 0 spiro atoms. The van der Waals surface area contributed by atoms with Crippen molar-refractivity contribution >= 4 is 29.2 Å². The Morgan fingerprint density at radius 1 is 0.880 bits per heavy atom. The standard InChI is InChI=1S/C20H12Cl2O3/c21-14-10-11-18(17(22)12-14)24-20(13-6-2-1-3-7-13)16-9-5-4-8-15(16)19(23)25-20/h1-12H/t20-/m0/s1. The number of ether oxygens (including phenoxy) is 2. The Morgan fingerprint density at radius 2 is 1.60 bits per heavy atom. The van der Waals surface area contributed by atoms with Crippen LogP contribution in [0.4, 0.5) is 0 Å². The molecule has 0 unspecified atom stereocenters. The summed E-state index contributed by atoms with van der Waals surface area (Å²) in [5, 5.41) is 0.832. The van der Waals surface area contributed by atoms with Crippen LogP contribution in [0.3, 0.4) is 0 Å². The van der Waals surface area contributed by atoms with Crippen molar-refractivity contribution in [1.82, 2.24) is 0 Å². The van der Waals surface area contributed by atoms with Gasteiger partial charge in [0.2, 0.25) is 0 Å². The minimum absolute atomic E-state index is 0.336. The summed E-state index contributed by atoms with van der Waals surface area (Å²) in [5.74, 6) is -1.46. The molecule has 0 bridgehead atoms. The maximum Gasteiger partial charge on any atom is 0.342 e. The topological polar surface area (TPSA) is 35.5 Å². The Bertz CT molecular complexity index is 956. The lowest BCUT2D eigenvalue weighted by atomic mass is 9.95.